The molecule has 0 saturated carbocycles. The Bertz CT molecular complexity index is 7190. The van der Waals surface area contributed by atoms with Gasteiger partial charge in [0.2, 0.25) is 0 Å². The summed E-state index contributed by atoms with van der Waals surface area (Å²) < 4.78 is 7.91. The second-order valence-corrected chi connectivity index (χ2v) is 25.6. The zero-order valence-electron chi connectivity index (χ0n) is 56.0. The highest BCUT2D eigenvalue weighted by atomic mass is 15.1. The van der Waals surface area contributed by atoms with Gasteiger partial charge in [0, 0.05) is 70.9 Å². The van der Waals surface area contributed by atoms with Crippen LogP contribution in [0.3, 0.4) is 0 Å². The number of aromatic nitrogens is 10. The van der Waals surface area contributed by atoms with E-state index in [0.29, 0.717) is 157 Å². The molecule has 106 heavy (non-hydrogen) atoms. The van der Waals surface area contributed by atoms with E-state index < -0.39 is 0 Å². The monoisotopic (exact) mass is 1350 g/mol. The van der Waals surface area contributed by atoms with Crippen LogP contribution in [0.1, 0.15) is 56.2 Å². The van der Waals surface area contributed by atoms with Gasteiger partial charge in [-0.3, -0.25) is 0 Å². The summed E-state index contributed by atoms with van der Waals surface area (Å²) >= 11 is 0. The first-order valence-corrected chi connectivity index (χ1v) is 33.4. The molecule has 0 aliphatic rings. The summed E-state index contributed by atoms with van der Waals surface area (Å²) in [4.78, 5) is 30.0. The van der Waals surface area contributed by atoms with Gasteiger partial charge in [0.15, 0.2) is 23.3 Å². The van der Waals surface area contributed by atoms with Crippen LogP contribution < -0.4 is 0 Å². The van der Waals surface area contributed by atoms with E-state index in [-0.39, 0.29) is 22.5 Å². The van der Waals surface area contributed by atoms with Gasteiger partial charge in [0.05, 0.1) is 148 Å². The zero-order valence-corrected chi connectivity index (χ0v) is 56.0. The SMILES string of the molecule is Cc1nc(C)nc(-c2cc(-n3c4cc(C#N)ccc4c4ccc(C#N)cc43)c(C#N)cc2-n2c3cc(C#N)ccc3c3cc(-c4ccc5c(c4)c4cc(C#N)ccc4n5-c4cc(-c5nc(-c6ccccc6)nc(-c6ccccc6)n5)c(-n5c6ccccc6c6cc(C#N)ccc65)cc4C#N)c(C#N)cc32)n1. The fourth-order valence-electron chi connectivity index (χ4n) is 15.1. The molecule has 12 aromatic carbocycles. The standard InChI is InChI=1S/C88H44N18/c1-49-97-50(2)99-87(98-49)71-39-78(105-79-31-53(43-91)17-23-63(79)64-24-18-54(44-92)32-80(64)105)61(48-96)37-84(71)106-81-33-55(45-93)19-25-65(81)70-38-66(59(46-94)35-82(70)106)58-22-28-76-69(34-58)68-30-52(42-90)21-27-75(68)103(76)77-40-72(88-101-85(56-11-5-3-6-12-56)100-86(102-88)57-13-7-4-8-14-57)83(36-60(77)47-95)104-73-16-10-9-15-62(73)67-29-51(41-89)20-26-74(67)104/h3-40H,1-2H3. The van der Waals surface area contributed by atoms with Crippen LogP contribution in [-0.2, 0) is 0 Å². The number of hydrogen-bond donors (Lipinski definition) is 0. The Labute approximate surface area is 602 Å². The van der Waals surface area contributed by atoms with Crippen molar-refractivity contribution in [3.8, 4) is 128 Å². The fourth-order valence-corrected chi connectivity index (χ4v) is 15.1. The van der Waals surface area contributed by atoms with Gasteiger partial charge in [-0.1, -0.05) is 103 Å². The number of rotatable bonds is 9. The predicted molar refractivity (Wildman–Crippen MR) is 405 cm³/mol. The summed E-state index contributed by atoms with van der Waals surface area (Å²) in [6.45, 7) is 3.53. The third kappa shape index (κ3) is 9.72. The lowest BCUT2D eigenvalue weighted by Gasteiger charge is -2.19. The van der Waals surface area contributed by atoms with E-state index in [1.807, 2.05) is 184 Å². The summed E-state index contributed by atoms with van der Waals surface area (Å²) in [5, 5.41) is 92.7. The average Bonchev–Trinajstić information content (AvgIpc) is 1.54. The molecule has 0 unspecified atom stereocenters. The minimum Gasteiger partial charge on any atom is -0.308 e. The number of para-hydroxylation sites is 1. The van der Waals surface area contributed by atoms with Crippen molar-refractivity contribution in [3.63, 3.8) is 0 Å². The van der Waals surface area contributed by atoms with Gasteiger partial charge in [-0.15, -0.1) is 0 Å². The summed E-state index contributed by atoms with van der Waals surface area (Å²) in [6.07, 6.45) is 0. The number of aryl methyl sites for hydroxylation is 2. The van der Waals surface area contributed by atoms with Gasteiger partial charge in [-0.2, -0.15) is 42.1 Å². The van der Waals surface area contributed by atoms with Crippen LogP contribution in [-0.4, -0.2) is 48.2 Å². The largest absolute Gasteiger partial charge is 0.308 e. The molecule has 18 nitrogen and oxygen atoms in total. The summed E-state index contributed by atoms with van der Waals surface area (Å²) in [5.41, 5.74) is 13.7. The van der Waals surface area contributed by atoms with Crippen molar-refractivity contribution < 1.29 is 0 Å². The molecule has 0 amide bonds. The predicted octanol–water partition coefficient (Wildman–Crippen LogP) is 18.4. The maximum Gasteiger partial charge on any atom is 0.166 e. The molecule has 0 atom stereocenters. The molecule has 18 aromatic rings. The van der Waals surface area contributed by atoms with Crippen molar-refractivity contribution in [1.29, 1.82) is 42.1 Å². The van der Waals surface area contributed by atoms with Crippen LogP contribution in [0.2, 0.25) is 0 Å². The van der Waals surface area contributed by atoms with Crippen molar-refractivity contribution in [2.75, 3.05) is 0 Å². The zero-order chi connectivity index (χ0) is 72.2. The molecule has 0 radical (unpaired) electrons. The lowest BCUT2D eigenvalue weighted by atomic mass is 9.96. The van der Waals surface area contributed by atoms with Crippen LogP contribution in [0.5, 0.6) is 0 Å². The summed E-state index contributed by atoms with van der Waals surface area (Å²) in [5.74, 6) is 2.28. The average molecular weight is 1350 g/mol. The quantitative estimate of drug-likeness (QED) is 0.130. The number of fused-ring (bicyclic) bond motifs is 12. The molecule has 18 heteroatoms. The second kappa shape index (κ2) is 24.3. The molecule has 0 aliphatic heterocycles. The molecule has 486 valence electrons. The Morgan fingerprint density at radius 3 is 1.08 bits per heavy atom. The fraction of sp³-hybridized carbons (Fsp3) is 0.0227. The molecule has 6 aromatic heterocycles. The normalized spacial score (nSPS) is 11.2. The topological polar surface area (TPSA) is 287 Å². The van der Waals surface area contributed by atoms with Crippen LogP contribution in [0.15, 0.2) is 231 Å². The molecule has 0 N–H and O–H groups in total. The first-order valence-electron chi connectivity index (χ1n) is 33.4. The van der Waals surface area contributed by atoms with E-state index >= 15 is 0 Å². The molecule has 18 rings (SSSR count). The number of hydrogen-bond acceptors (Lipinski definition) is 14. The third-order valence-electron chi connectivity index (χ3n) is 19.7. The Morgan fingerprint density at radius 2 is 0.585 bits per heavy atom. The molecule has 0 fully saturated rings. The van der Waals surface area contributed by atoms with Crippen molar-refractivity contribution in [3.05, 3.63) is 287 Å². The smallest absolute Gasteiger partial charge is 0.166 e. The Kier molecular flexibility index (Phi) is 14.2. The van der Waals surface area contributed by atoms with E-state index in [2.05, 4.69) is 58.1 Å². The highest BCUT2D eigenvalue weighted by Crippen LogP contribution is 2.46. The Hall–Kier alpha value is -16.2. The van der Waals surface area contributed by atoms with Crippen LogP contribution >= 0.6 is 0 Å². The van der Waals surface area contributed by atoms with Crippen LogP contribution in [0, 0.1) is 104 Å². The molecule has 0 spiro atoms. The molecule has 0 bridgehead atoms. The third-order valence-corrected chi connectivity index (χ3v) is 19.7. The highest BCUT2D eigenvalue weighted by molar-refractivity contribution is 6.16. The molecular formula is C88H44N18. The maximum atomic E-state index is 11.7. The van der Waals surface area contributed by atoms with Gasteiger partial charge in [-0.25, -0.2) is 29.9 Å². The van der Waals surface area contributed by atoms with Gasteiger partial charge >= 0.3 is 0 Å². The summed E-state index contributed by atoms with van der Waals surface area (Å²) in [6, 6.07) is 90.5. The molecule has 0 aliphatic carbocycles. The van der Waals surface area contributed by atoms with Crippen molar-refractivity contribution in [2.24, 2.45) is 0 Å². The minimum absolute atomic E-state index is 0.202. The van der Waals surface area contributed by atoms with Crippen LogP contribution in [0.25, 0.3) is 167 Å². The van der Waals surface area contributed by atoms with E-state index in [1.165, 1.54) is 0 Å². The van der Waals surface area contributed by atoms with Crippen molar-refractivity contribution >= 4 is 87.2 Å². The minimum atomic E-state index is 0.202. The first-order chi connectivity index (χ1) is 52.0. The van der Waals surface area contributed by atoms with Crippen molar-refractivity contribution in [2.45, 2.75) is 13.8 Å². The molecular weight excluding hydrogens is 1310 g/mol. The molecule has 0 saturated heterocycles. The van der Waals surface area contributed by atoms with Gasteiger partial charge in [0.25, 0.3) is 0 Å². The molecule has 6 heterocycles. The first kappa shape index (κ1) is 62.1. The Balaban J connectivity index is 0.875. The van der Waals surface area contributed by atoms with E-state index in [0.717, 1.165) is 43.7 Å². The second-order valence-electron chi connectivity index (χ2n) is 25.6. The number of nitriles is 8. The lowest BCUT2D eigenvalue weighted by molar-refractivity contribution is 0.926. The lowest BCUT2D eigenvalue weighted by Crippen LogP contribution is -2.07. The number of nitrogens with zero attached hydrogens (tertiary/aromatic N) is 18. The van der Waals surface area contributed by atoms with E-state index in [4.69, 9.17) is 24.9 Å². The van der Waals surface area contributed by atoms with Crippen LogP contribution in [0.4, 0.5) is 0 Å². The summed E-state index contributed by atoms with van der Waals surface area (Å²) in [7, 11) is 0. The number of benzene rings is 12. The highest BCUT2D eigenvalue weighted by Gasteiger charge is 2.29. The Morgan fingerprint density at radius 1 is 0.226 bits per heavy atom. The van der Waals surface area contributed by atoms with E-state index in [9.17, 15) is 42.1 Å². The van der Waals surface area contributed by atoms with Gasteiger partial charge in [-0.05, 0) is 147 Å². The van der Waals surface area contributed by atoms with Gasteiger partial charge in [0.1, 0.15) is 23.8 Å². The van der Waals surface area contributed by atoms with Gasteiger partial charge < -0.3 is 18.3 Å². The maximum absolute atomic E-state index is 11.7. The van der Waals surface area contributed by atoms with Crippen molar-refractivity contribution in [1.82, 2.24) is 48.2 Å². The van der Waals surface area contributed by atoms with E-state index in [1.54, 1.807) is 74.5 Å².